The number of phenolic OH excluding ortho intramolecular Hbond substituents is 2. The number of carbonyl (C=O) groups is 3. The summed E-state index contributed by atoms with van der Waals surface area (Å²) in [6.07, 6.45) is -0.496. The molecule has 0 saturated heterocycles. The van der Waals surface area contributed by atoms with Gasteiger partial charge in [-0.15, -0.1) is 0 Å². The fourth-order valence-electron chi connectivity index (χ4n) is 8.62. The van der Waals surface area contributed by atoms with Gasteiger partial charge < -0.3 is 40.7 Å². The largest absolute Gasteiger partial charge is 0.508 e. The van der Waals surface area contributed by atoms with E-state index in [-0.39, 0.29) is 44.8 Å². The Hall–Kier alpha value is -7.63. The minimum absolute atomic E-state index is 0.0294. The summed E-state index contributed by atoms with van der Waals surface area (Å²) in [6, 6.07) is 28.4. The van der Waals surface area contributed by atoms with Gasteiger partial charge in [-0.3, -0.25) is 4.79 Å². The van der Waals surface area contributed by atoms with Crippen LogP contribution in [0.15, 0.2) is 115 Å². The number of nitrogens with zero attached hydrogens (tertiary/aromatic N) is 2. The van der Waals surface area contributed by atoms with Crippen LogP contribution in [0, 0.1) is 0 Å². The van der Waals surface area contributed by atoms with Crippen LogP contribution in [0.25, 0.3) is 22.2 Å². The number of aromatic nitrogens is 2. The van der Waals surface area contributed by atoms with Crippen LogP contribution in [-0.2, 0) is 16.5 Å². The van der Waals surface area contributed by atoms with Gasteiger partial charge >= 0.3 is 18.1 Å². The number of aromatic hydroxyl groups is 2. The lowest BCUT2D eigenvalue weighted by Gasteiger charge is -2.36. The molecule has 18 heteroatoms. The topological polar surface area (TPSA) is 184 Å². The summed E-state index contributed by atoms with van der Waals surface area (Å²) < 4.78 is 55.3. The molecule has 3 heterocycles. The number of halogens is 4. The Morgan fingerprint density at radius 1 is 0.779 bits per heavy atom. The van der Waals surface area contributed by atoms with Crippen molar-refractivity contribution >= 4 is 69.1 Å². The molecule has 9 rings (SSSR count). The zero-order valence-corrected chi connectivity index (χ0v) is 37.2. The summed E-state index contributed by atoms with van der Waals surface area (Å²) in [6.45, 7) is 1.17. The maximum atomic E-state index is 14.1. The number of unbranched alkanes of at least 4 members (excludes halogenated alkanes) is 4. The second-order valence-corrected chi connectivity index (χ2v) is 17.0. The fraction of sp³-hybridized carbons (Fsp3) is 0.180. The molecule has 0 radical (unpaired) electrons. The second kappa shape index (κ2) is 18.2. The number of esters is 1. The molecule has 0 saturated carbocycles. The lowest BCUT2D eigenvalue weighted by atomic mass is 9.77. The Labute approximate surface area is 396 Å². The number of benzene rings is 6. The van der Waals surface area contributed by atoms with Crippen LogP contribution < -0.4 is 20.7 Å². The van der Waals surface area contributed by atoms with Crippen LogP contribution >= 0.6 is 23.8 Å². The Balaban J connectivity index is 0.789. The summed E-state index contributed by atoms with van der Waals surface area (Å²) in [5, 5.41) is 44.3. The summed E-state index contributed by atoms with van der Waals surface area (Å²) >= 11 is 11.8. The van der Waals surface area contributed by atoms with Crippen molar-refractivity contribution in [2.24, 2.45) is 0 Å². The van der Waals surface area contributed by atoms with Crippen molar-refractivity contribution in [3.63, 3.8) is 0 Å². The van der Waals surface area contributed by atoms with E-state index >= 15 is 0 Å². The van der Waals surface area contributed by atoms with Crippen LogP contribution in [0.2, 0.25) is 5.02 Å². The molecule has 13 nitrogen and oxygen atoms in total. The number of anilines is 2. The van der Waals surface area contributed by atoms with Crippen molar-refractivity contribution < 1.29 is 52.3 Å². The molecule has 0 fully saturated rings. The number of alkyl halides is 3. The molecule has 346 valence electrons. The third kappa shape index (κ3) is 8.61. The Morgan fingerprint density at radius 2 is 1.43 bits per heavy atom. The van der Waals surface area contributed by atoms with E-state index in [1.165, 1.54) is 54.6 Å². The first kappa shape index (κ1) is 45.5. The molecule has 0 bridgehead atoms. The van der Waals surface area contributed by atoms with E-state index in [1.54, 1.807) is 48.5 Å². The van der Waals surface area contributed by atoms with Gasteiger partial charge in [0.1, 0.15) is 28.7 Å². The summed E-state index contributed by atoms with van der Waals surface area (Å²) in [5.74, 6) is -2.26. The van der Waals surface area contributed by atoms with Gasteiger partial charge in [-0.05, 0) is 104 Å². The highest BCUT2D eigenvalue weighted by Crippen LogP contribution is 2.57. The normalized spacial score (nSPS) is 13.3. The van der Waals surface area contributed by atoms with Gasteiger partial charge in [0.05, 0.1) is 32.8 Å². The molecule has 68 heavy (non-hydrogen) atoms. The Kier molecular flexibility index (Phi) is 12.2. The molecule has 1 aromatic heterocycles. The van der Waals surface area contributed by atoms with Gasteiger partial charge in [0.15, 0.2) is 10.7 Å². The predicted octanol–water partition coefficient (Wildman–Crippen LogP) is 11.1. The minimum Gasteiger partial charge on any atom is -0.508 e. The molecule has 0 amide bonds. The third-order valence-corrected chi connectivity index (χ3v) is 12.4. The van der Waals surface area contributed by atoms with Crippen LogP contribution in [0.1, 0.15) is 85.4 Å². The van der Waals surface area contributed by atoms with Gasteiger partial charge in [0.2, 0.25) is 0 Å². The van der Waals surface area contributed by atoms with Crippen molar-refractivity contribution in [2.75, 3.05) is 23.7 Å². The zero-order chi connectivity index (χ0) is 47.9. The number of hydrogen-bond acceptors (Lipinski definition) is 10. The molecular formula is C50H39ClF3N5O8S. The molecule has 1 spiro atoms. The number of carboxylic acids is 1. The number of phenols is 2. The second-order valence-electron chi connectivity index (χ2n) is 16.2. The average Bonchev–Trinajstić information content (AvgIpc) is 3.82. The monoisotopic (exact) mass is 961 g/mol. The molecular weight excluding hydrogens is 923 g/mol. The van der Waals surface area contributed by atoms with E-state index < -0.39 is 40.8 Å². The molecule has 0 atom stereocenters. The number of carboxylic acid groups (broad SMARTS) is 1. The summed E-state index contributed by atoms with van der Waals surface area (Å²) in [5.41, 5.74) is 0.810. The maximum Gasteiger partial charge on any atom is 0.417 e. The van der Waals surface area contributed by atoms with Gasteiger partial charge in [0.25, 0.3) is 5.91 Å². The SMILES string of the molecule is O=C(O)c1ccc(-c2nn(C(=O)c3c(Cl)cccc3C(F)(F)F)c3cc(NCCCCCCCNC(=S)Nc4ccc5c(c4)C(=O)OC54c5ccc(O)cc5Oc5cc(O)ccc54)ccc23)cc1. The van der Waals surface area contributed by atoms with E-state index in [0.29, 0.717) is 62.8 Å². The molecule has 6 aromatic carbocycles. The van der Waals surface area contributed by atoms with Crippen LogP contribution in [0.5, 0.6) is 23.0 Å². The van der Waals surface area contributed by atoms with Gasteiger partial charge in [-0.1, -0.05) is 55.1 Å². The van der Waals surface area contributed by atoms with E-state index in [2.05, 4.69) is 21.0 Å². The number of nitrogens with one attached hydrogen (secondary N) is 3. The number of thiocarbonyl (C=S) groups is 1. The lowest BCUT2D eigenvalue weighted by molar-refractivity contribution is -0.137. The maximum absolute atomic E-state index is 14.1. The van der Waals surface area contributed by atoms with Crippen LogP contribution in [0.3, 0.4) is 0 Å². The first-order chi connectivity index (χ1) is 32.6. The van der Waals surface area contributed by atoms with E-state index in [9.17, 15) is 42.9 Å². The van der Waals surface area contributed by atoms with Crippen LogP contribution in [-0.4, -0.2) is 61.1 Å². The number of fused-ring (bicyclic) bond motifs is 7. The lowest BCUT2D eigenvalue weighted by Crippen LogP contribution is -2.33. The smallest absolute Gasteiger partial charge is 0.417 e. The standard InChI is InChI=1S/C50H39ClF3N5O8S/c51-39-8-6-7-38(50(52,53)54)43(39)45(62)59-40-24-29(13-17-33(40)44(58-59)27-9-11-28(12-10-27)46(63)64)55-21-4-2-1-3-5-22-56-48(68)57-30-14-18-35-34(23-30)47(65)67-49(35)36-19-15-31(60)25-41(36)66-42-26-32(61)16-20-37(42)49/h6-20,23-26,55,60-61H,1-5,21-22H2,(H,63,64)(H2,56,57,68). The highest BCUT2D eigenvalue weighted by Gasteiger charge is 2.53. The average molecular weight is 962 g/mol. The zero-order valence-electron chi connectivity index (χ0n) is 35.6. The first-order valence-corrected chi connectivity index (χ1v) is 22.2. The van der Waals surface area contributed by atoms with E-state index in [4.69, 9.17) is 33.3 Å². The molecule has 6 N–H and O–H groups in total. The van der Waals surface area contributed by atoms with Crippen molar-refractivity contribution in [3.8, 4) is 34.3 Å². The quantitative estimate of drug-likeness (QED) is 0.0365. The fourth-order valence-corrected chi connectivity index (χ4v) is 9.10. The summed E-state index contributed by atoms with van der Waals surface area (Å²) in [7, 11) is 0. The van der Waals surface area contributed by atoms with Gasteiger partial charge in [0, 0.05) is 64.2 Å². The van der Waals surface area contributed by atoms with Gasteiger partial charge in [-0.25, -0.2) is 9.59 Å². The Morgan fingerprint density at radius 3 is 2.10 bits per heavy atom. The number of hydrogen-bond donors (Lipinski definition) is 6. The predicted molar refractivity (Wildman–Crippen MR) is 252 cm³/mol. The first-order valence-electron chi connectivity index (χ1n) is 21.4. The van der Waals surface area contributed by atoms with Crippen LogP contribution in [0.4, 0.5) is 24.5 Å². The number of ether oxygens (including phenoxy) is 2. The van der Waals surface area contributed by atoms with Crippen molar-refractivity contribution in [1.29, 1.82) is 0 Å². The molecule has 2 aliphatic rings. The molecule has 0 unspecified atom stereocenters. The number of carbonyl (C=O) groups excluding carboxylic acids is 2. The van der Waals surface area contributed by atoms with E-state index in [0.717, 1.165) is 48.9 Å². The van der Waals surface area contributed by atoms with Gasteiger partial charge in [-0.2, -0.15) is 23.0 Å². The van der Waals surface area contributed by atoms with Crippen molar-refractivity contribution in [2.45, 2.75) is 43.9 Å². The Bertz CT molecular complexity index is 3130. The molecule has 7 aromatic rings. The summed E-state index contributed by atoms with van der Waals surface area (Å²) in [4.78, 5) is 38.9. The molecule has 0 aliphatic carbocycles. The third-order valence-electron chi connectivity index (χ3n) is 11.8. The van der Waals surface area contributed by atoms with Crippen molar-refractivity contribution in [3.05, 3.63) is 159 Å². The number of aromatic carboxylic acids is 1. The highest BCUT2D eigenvalue weighted by molar-refractivity contribution is 7.80. The van der Waals surface area contributed by atoms with Crippen molar-refractivity contribution in [1.82, 2.24) is 15.1 Å². The van der Waals surface area contributed by atoms with E-state index in [1.807, 2.05) is 0 Å². The molecule has 2 aliphatic heterocycles. The minimum atomic E-state index is -4.87. The number of rotatable bonds is 13. The highest BCUT2D eigenvalue weighted by atomic mass is 35.5.